The van der Waals surface area contributed by atoms with E-state index in [-0.39, 0.29) is 11.7 Å². The van der Waals surface area contributed by atoms with Crippen LogP contribution in [0.3, 0.4) is 0 Å². The summed E-state index contributed by atoms with van der Waals surface area (Å²) >= 11 is 2.80. The van der Waals surface area contributed by atoms with Gasteiger partial charge in [-0.05, 0) is 49.7 Å². The molecule has 148 valence electrons. The molecule has 1 aromatic heterocycles. The molecule has 6 nitrogen and oxygen atoms in total. The van der Waals surface area contributed by atoms with Gasteiger partial charge in [-0.1, -0.05) is 55.1 Å². The minimum atomic E-state index is -0.675. The van der Waals surface area contributed by atoms with E-state index in [0.717, 1.165) is 53.7 Å². The van der Waals surface area contributed by atoms with Gasteiger partial charge in [-0.25, -0.2) is 0 Å². The molecule has 3 rings (SSSR count). The second kappa shape index (κ2) is 9.39. The highest BCUT2D eigenvalue weighted by Crippen LogP contribution is 2.32. The summed E-state index contributed by atoms with van der Waals surface area (Å²) in [6.45, 7) is 4.27. The number of hydrogen-bond acceptors (Lipinski definition) is 7. The van der Waals surface area contributed by atoms with Gasteiger partial charge >= 0.3 is 0 Å². The zero-order chi connectivity index (χ0) is 20.0. The van der Waals surface area contributed by atoms with Crippen LogP contribution in [0.4, 0.5) is 10.8 Å². The van der Waals surface area contributed by atoms with Crippen molar-refractivity contribution in [2.45, 2.75) is 62.3 Å². The molecular formula is C20H25N5OS2. The Morgan fingerprint density at radius 1 is 1.25 bits per heavy atom. The maximum Gasteiger partial charge on any atom is 0.231 e. The normalized spacial score (nSPS) is 15.2. The van der Waals surface area contributed by atoms with E-state index >= 15 is 0 Å². The molecule has 1 heterocycles. The van der Waals surface area contributed by atoms with E-state index in [4.69, 9.17) is 0 Å². The highest BCUT2D eigenvalue weighted by molar-refractivity contribution is 8.01. The molecule has 0 bridgehead atoms. The van der Waals surface area contributed by atoms with Crippen molar-refractivity contribution >= 4 is 39.8 Å². The number of nitrogens with zero attached hydrogens (tertiary/aromatic N) is 3. The number of nitriles is 1. The molecule has 0 radical (unpaired) electrons. The summed E-state index contributed by atoms with van der Waals surface area (Å²) in [5, 5.41) is 24.8. The minimum absolute atomic E-state index is 0.122. The number of aryl methyl sites for hydroxylation is 2. The zero-order valence-corrected chi connectivity index (χ0v) is 17.9. The molecule has 0 spiro atoms. The van der Waals surface area contributed by atoms with Crippen LogP contribution >= 0.6 is 23.1 Å². The van der Waals surface area contributed by atoms with Gasteiger partial charge in [0.25, 0.3) is 0 Å². The number of para-hydroxylation sites is 1. The molecule has 1 aromatic carbocycles. The molecular weight excluding hydrogens is 390 g/mol. The quantitative estimate of drug-likeness (QED) is 0.619. The first-order chi connectivity index (χ1) is 13.6. The van der Waals surface area contributed by atoms with Gasteiger partial charge in [-0.3, -0.25) is 4.79 Å². The lowest BCUT2D eigenvalue weighted by Gasteiger charge is -2.21. The van der Waals surface area contributed by atoms with Crippen LogP contribution in [0.2, 0.25) is 0 Å². The Morgan fingerprint density at radius 3 is 2.54 bits per heavy atom. The first-order valence-electron chi connectivity index (χ1n) is 9.65. The highest BCUT2D eigenvalue weighted by atomic mass is 32.2. The molecule has 2 N–H and O–H groups in total. The van der Waals surface area contributed by atoms with Gasteiger partial charge in [0.15, 0.2) is 4.34 Å². The second-order valence-electron chi connectivity index (χ2n) is 6.89. The van der Waals surface area contributed by atoms with Gasteiger partial charge in [-0.2, -0.15) is 5.26 Å². The van der Waals surface area contributed by atoms with Gasteiger partial charge in [-0.15, -0.1) is 10.2 Å². The Kier molecular flexibility index (Phi) is 6.92. The van der Waals surface area contributed by atoms with Crippen molar-refractivity contribution in [3.63, 3.8) is 0 Å². The molecule has 0 atom stereocenters. The van der Waals surface area contributed by atoms with E-state index < -0.39 is 5.54 Å². The topological polar surface area (TPSA) is 90.7 Å². The smallest absolute Gasteiger partial charge is 0.231 e. The molecule has 0 saturated heterocycles. The number of nitrogens with one attached hydrogen (secondary N) is 2. The number of benzene rings is 1. The lowest BCUT2D eigenvalue weighted by Crippen LogP contribution is -2.45. The molecule has 0 unspecified atom stereocenters. The summed E-state index contributed by atoms with van der Waals surface area (Å²) in [6.07, 6.45) is 5.35. The third-order valence-corrected chi connectivity index (χ3v) is 6.99. The first-order valence-corrected chi connectivity index (χ1v) is 11.5. The largest absolute Gasteiger partial charge is 0.337 e. The fourth-order valence-corrected chi connectivity index (χ4v) is 5.06. The average molecular weight is 416 g/mol. The molecule has 0 aliphatic heterocycles. The van der Waals surface area contributed by atoms with Gasteiger partial charge in [0.05, 0.1) is 11.8 Å². The van der Waals surface area contributed by atoms with Crippen LogP contribution in [0, 0.1) is 11.3 Å². The number of anilines is 2. The van der Waals surface area contributed by atoms with Crippen molar-refractivity contribution < 1.29 is 4.79 Å². The molecule has 28 heavy (non-hydrogen) atoms. The van der Waals surface area contributed by atoms with Crippen molar-refractivity contribution in [3.8, 4) is 6.07 Å². The summed E-state index contributed by atoms with van der Waals surface area (Å²) < 4.78 is 0.738. The minimum Gasteiger partial charge on any atom is -0.337 e. The number of rotatable bonds is 8. The standard InChI is InChI=1S/C20H25N5OS2/c1-3-14-8-7-9-15(4-2)17(14)22-18-24-25-19(28-18)27-12-16(26)23-20(13-21)10-5-6-11-20/h7-9H,3-6,10-12H2,1-2H3,(H,22,24)(H,23,26). The van der Waals surface area contributed by atoms with Crippen molar-refractivity contribution in [2.24, 2.45) is 0 Å². The van der Waals surface area contributed by atoms with Crippen molar-refractivity contribution in [3.05, 3.63) is 29.3 Å². The number of aromatic nitrogens is 2. The van der Waals surface area contributed by atoms with E-state index in [1.807, 2.05) is 0 Å². The van der Waals surface area contributed by atoms with E-state index in [0.29, 0.717) is 0 Å². The number of carbonyl (C=O) groups excluding carboxylic acids is 1. The van der Waals surface area contributed by atoms with Gasteiger partial charge in [0.2, 0.25) is 11.0 Å². The van der Waals surface area contributed by atoms with Crippen molar-refractivity contribution in [1.29, 1.82) is 5.26 Å². The number of amides is 1. The Hall–Kier alpha value is -2.11. The third kappa shape index (κ3) is 4.83. The Balaban J connectivity index is 1.59. The molecule has 1 fully saturated rings. The van der Waals surface area contributed by atoms with Gasteiger partial charge in [0, 0.05) is 5.69 Å². The maximum atomic E-state index is 12.3. The van der Waals surface area contributed by atoms with Crippen LogP contribution in [-0.2, 0) is 17.6 Å². The van der Waals surface area contributed by atoms with Crippen LogP contribution in [0.1, 0.15) is 50.7 Å². The fourth-order valence-electron chi connectivity index (χ4n) is 3.50. The monoisotopic (exact) mass is 415 g/mol. The number of hydrogen-bond donors (Lipinski definition) is 2. The second-order valence-corrected chi connectivity index (χ2v) is 9.09. The number of carbonyl (C=O) groups is 1. The van der Waals surface area contributed by atoms with Crippen LogP contribution in [0.5, 0.6) is 0 Å². The third-order valence-electron chi connectivity index (χ3n) is 5.01. The predicted octanol–water partition coefficient (Wildman–Crippen LogP) is 4.45. The number of thioether (sulfide) groups is 1. The Labute approximate surface area is 174 Å². The summed E-state index contributed by atoms with van der Waals surface area (Å²) in [7, 11) is 0. The Morgan fingerprint density at radius 2 is 1.93 bits per heavy atom. The summed E-state index contributed by atoms with van der Waals surface area (Å²) in [5.41, 5.74) is 2.93. The van der Waals surface area contributed by atoms with Gasteiger partial charge < -0.3 is 10.6 Å². The Bertz CT molecular complexity index is 845. The summed E-state index contributed by atoms with van der Waals surface area (Å²) in [6, 6.07) is 8.61. The van der Waals surface area contributed by atoms with E-state index in [1.54, 1.807) is 0 Å². The van der Waals surface area contributed by atoms with Crippen LogP contribution in [0.25, 0.3) is 0 Å². The van der Waals surface area contributed by atoms with Crippen molar-refractivity contribution in [1.82, 2.24) is 15.5 Å². The average Bonchev–Trinajstić information content (AvgIpc) is 3.36. The summed E-state index contributed by atoms with van der Waals surface area (Å²) in [4.78, 5) is 12.3. The summed E-state index contributed by atoms with van der Waals surface area (Å²) in [5.74, 6) is 0.117. The van der Waals surface area contributed by atoms with E-state index in [9.17, 15) is 10.1 Å². The predicted molar refractivity (Wildman–Crippen MR) is 114 cm³/mol. The van der Waals surface area contributed by atoms with E-state index in [1.165, 1.54) is 34.2 Å². The molecule has 1 amide bonds. The van der Waals surface area contributed by atoms with E-state index in [2.05, 4.69) is 58.9 Å². The first kappa shape index (κ1) is 20.6. The van der Waals surface area contributed by atoms with Crippen LogP contribution in [0.15, 0.2) is 22.5 Å². The molecule has 1 aliphatic rings. The molecule has 8 heteroatoms. The molecule has 1 saturated carbocycles. The molecule has 2 aromatic rings. The maximum absolute atomic E-state index is 12.3. The zero-order valence-electron chi connectivity index (χ0n) is 16.2. The van der Waals surface area contributed by atoms with Gasteiger partial charge in [0.1, 0.15) is 5.54 Å². The van der Waals surface area contributed by atoms with Crippen LogP contribution < -0.4 is 10.6 Å². The van der Waals surface area contributed by atoms with Crippen LogP contribution in [-0.4, -0.2) is 27.4 Å². The van der Waals surface area contributed by atoms with Crippen molar-refractivity contribution in [2.75, 3.05) is 11.1 Å². The fraction of sp³-hybridized carbons (Fsp3) is 0.500. The lowest BCUT2D eigenvalue weighted by atomic mass is 10.0. The SMILES string of the molecule is CCc1cccc(CC)c1Nc1nnc(SCC(=O)NC2(C#N)CCCC2)s1. The highest BCUT2D eigenvalue weighted by Gasteiger charge is 2.35. The molecule has 1 aliphatic carbocycles. The lowest BCUT2D eigenvalue weighted by molar-refractivity contribution is -0.119.